The van der Waals surface area contributed by atoms with Crippen LogP contribution >= 0.6 is 0 Å². The molecule has 0 saturated heterocycles. The van der Waals surface area contributed by atoms with Gasteiger partial charge in [0.25, 0.3) is 0 Å². The fourth-order valence-electron chi connectivity index (χ4n) is 1.63. The van der Waals surface area contributed by atoms with E-state index in [2.05, 4.69) is 4.74 Å². The summed E-state index contributed by atoms with van der Waals surface area (Å²) in [7, 11) is 0. The second-order valence-electron chi connectivity index (χ2n) is 3.83. The van der Waals surface area contributed by atoms with Gasteiger partial charge in [-0.15, -0.1) is 13.2 Å². The minimum atomic E-state index is -4.78. The van der Waals surface area contributed by atoms with Gasteiger partial charge in [0.05, 0.1) is 0 Å². The van der Waals surface area contributed by atoms with Crippen molar-refractivity contribution in [3.05, 3.63) is 41.7 Å². The van der Waals surface area contributed by atoms with Crippen LogP contribution in [0.3, 0.4) is 0 Å². The minimum Gasteiger partial charge on any atom is -0.461 e. The molecule has 0 bridgehead atoms. The molecule has 19 heavy (non-hydrogen) atoms. The number of ether oxygens (including phenoxy) is 1. The highest BCUT2D eigenvalue weighted by molar-refractivity contribution is 5.86. The van der Waals surface area contributed by atoms with Gasteiger partial charge in [0, 0.05) is 11.1 Å². The van der Waals surface area contributed by atoms with Gasteiger partial charge in [-0.05, 0) is 37.3 Å². The van der Waals surface area contributed by atoms with Crippen LogP contribution in [0.25, 0.3) is 11.3 Å². The van der Waals surface area contributed by atoms with E-state index in [1.165, 1.54) is 6.07 Å². The Labute approximate surface area is 106 Å². The summed E-state index contributed by atoms with van der Waals surface area (Å²) >= 11 is 0. The van der Waals surface area contributed by atoms with Gasteiger partial charge in [-0.2, -0.15) is 0 Å². The van der Waals surface area contributed by atoms with E-state index in [9.17, 15) is 18.0 Å². The number of hydrogen-bond donors (Lipinski definition) is 0. The van der Waals surface area contributed by atoms with Crippen LogP contribution in [0, 0.1) is 6.92 Å². The number of alkyl halides is 3. The normalized spacial score (nSPS) is 11.4. The fourth-order valence-corrected chi connectivity index (χ4v) is 1.63. The number of hydrogen-bond acceptors (Lipinski definition) is 3. The first kappa shape index (κ1) is 13.2. The zero-order valence-corrected chi connectivity index (χ0v) is 9.82. The second-order valence-corrected chi connectivity index (χ2v) is 3.83. The van der Waals surface area contributed by atoms with Crippen LogP contribution in [-0.4, -0.2) is 12.6 Å². The largest absolute Gasteiger partial charge is 0.573 e. The second kappa shape index (κ2) is 4.79. The molecule has 0 N–H and O–H groups in total. The minimum absolute atomic E-state index is 0.226. The Bertz CT molecular complexity index is 599. The third-order valence-electron chi connectivity index (χ3n) is 2.39. The van der Waals surface area contributed by atoms with E-state index in [1.54, 1.807) is 19.1 Å². The Kier molecular flexibility index (Phi) is 3.33. The van der Waals surface area contributed by atoms with E-state index >= 15 is 0 Å². The zero-order valence-electron chi connectivity index (χ0n) is 9.82. The van der Waals surface area contributed by atoms with E-state index in [-0.39, 0.29) is 11.1 Å². The molecule has 6 heteroatoms. The van der Waals surface area contributed by atoms with Crippen molar-refractivity contribution < 1.29 is 27.1 Å². The lowest BCUT2D eigenvalue weighted by atomic mass is 10.1. The molecular weight excluding hydrogens is 261 g/mol. The van der Waals surface area contributed by atoms with Gasteiger partial charge < -0.3 is 9.15 Å². The van der Waals surface area contributed by atoms with Gasteiger partial charge >= 0.3 is 6.36 Å². The topological polar surface area (TPSA) is 39.4 Å². The quantitative estimate of drug-likeness (QED) is 0.792. The Hall–Kier alpha value is -2.24. The van der Waals surface area contributed by atoms with Crippen molar-refractivity contribution in [1.82, 2.24) is 0 Å². The van der Waals surface area contributed by atoms with Crippen LogP contribution in [0.1, 0.15) is 16.1 Å². The Morgan fingerprint density at radius 3 is 2.47 bits per heavy atom. The van der Waals surface area contributed by atoms with Crippen LogP contribution in [0.2, 0.25) is 0 Å². The van der Waals surface area contributed by atoms with Crippen molar-refractivity contribution in [3.8, 4) is 17.1 Å². The highest BCUT2D eigenvalue weighted by atomic mass is 19.4. The molecule has 0 amide bonds. The summed E-state index contributed by atoms with van der Waals surface area (Å²) in [4.78, 5) is 10.9. The summed E-state index contributed by atoms with van der Waals surface area (Å²) in [5, 5.41) is 0. The molecule has 0 saturated carbocycles. The molecule has 100 valence electrons. The van der Waals surface area contributed by atoms with Crippen molar-refractivity contribution in [2.45, 2.75) is 13.3 Å². The van der Waals surface area contributed by atoms with Crippen LogP contribution in [0.4, 0.5) is 13.2 Å². The van der Waals surface area contributed by atoms with Gasteiger partial charge in [0.15, 0.2) is 6.29 Å². The summed E-state index contributed by atoms with van der Waals surface area (Å²) in [5.41, 5.74) is 0.480. The molecule has 1 aromatic heterocycles. The summed E-state index contributed by atoms with van der Waals surface area (Å²) in [6.45, 7) is 1.69. The van der Waals surface area contributed by atoms with Crippen molar-refractivity contribution in [1.29, 1.82) is 0 Å². The van der Waals surface area contributed by atoms with Crippen LogP contribution in [-0.2, 0) is 0 Å². The van der Waals surface area contributed by atoms with Crippen LogP contribution < -0.4 is 4.74 Å². The summed E-state index contributed by atoms with van der Waals surface area (Å²) in [5.74, 6) is 0.503. The van der Waals surface area contributed by atoms with Crippen molar-refractivity contribution in [2.75, 3.05) is 0 Å². The SMILES string of the molecule is Cc1ccc(-c2cc(OC(F)(F)F)ccc2C=O)o1. The van der Waals surface area contributed by atoms with Crippen LogP contribution in [0.15, 0.2) is 34.7 Å². The third kappa shape index (κ3) is 3.15. The lowest BCUT2D eigenvalue weighted by Gasteiger charge is -2.10. The average Bonchev–Trinajstić information content (AvgIpc) is 2.73. The zero-order chi connectivity index (χ0) is 14.0. The number of halogens is 3. The predicted molar refractivity (Wildman–Crippen MR) is 61.0 cm³/mol. The van der Waals surface area contributed by atoms with Crippen molar-refractivity contribution in [3.63, 3.8) is 0 Å². The molecule has 0 aliphatic rings. The Balaban J connectivity index is 2.45. The predicted octanol–water partition coefficient (Wildman–Crippen LogP) is 3.97. The summed E-state index contributed by atoms with van der Waals surface area (Å²) in [6, 6.07) is 6.68. The molecule has 2 aromatic rings. The monoisotopic (exact) mass is 270 g/mol. The standard InChI is InChI=1S/C13H9F3O3/c1-8-2-5-12(18-8)11-6-10(19-13(14,15)16)4-3-9(11)7-17/h2-7H,1H3. The molecule has 1 heterocycles. The summed E-state index contributed by atoms with van der Waals surface area (Å²) in [6.07, 6.45) is -4.23. The number of rotatable bonds is 3. The number of carbonyl (C=O) groups excluding carboxylic acids is 1. The molecule has 3 nitrogen and oxygen atoms in total. The Morgan fingerprint density at radius 1 is 1.21 bits per heavy atom. The molecule has 0 radical (unpaired) electrons. The maximum absolute atomic E-state index is 12.1. The van der Waals surface area contributed by atoms with E-state index in [0.717, 1.165) is 12.1 Å². The fraction of sp³-hybridized carbons (Fsp3) is 0.154. The smallest absolute Gasteiger partial charge is 0.461 e. The van der Waals surface area contributed by atoms with Gasteiger partial charge in [-0.25, -0.2) is 0 Å². The number of furan rings is 1. The first-order valence-electron chi connectivity index (χ1n) is 5.31. The average molecular weight is 270 g/mol. The Morgan fingerprint density at radius 2 is 1.95 bits per heavy atom. The first-order valence-corrected chi connectivity index (χ1v) is 5.31. The molecule has 0 aliphatic carbocycles. The molecule has 2 rings (SSSR count). The van der Waals surface area contributed by atoms with Crippen LogP contribution in [0.5, 0.6) is 5.75 Å². The molecule has 0 aliphatic heterocycles. The van der Waals surface area contributed by atoms with Gasteiger partial charge in [-0.3, -0.25) is 4.79 Å². The number of aryl methyl sites for hydroxylation is 1. The molecule has 0 spiro atoms. The highest BCUT2D eigenvalue weighted by Gasteiger charge is 2.31. The van der Waals surface area contributed by atoms with Gasteiger partial charge in [0.1, 0.15) is 17.3 Å². The number of aldehydes is 1. The maximum Gasteiger partial charge on any atom is 0.573 e. The molecule has 0 unspecified atom stereocenters. The lowest BCUT2D eigenvalue weighted by Crippen LogP contribution is -2.17. The lowest BCUT2D eigenvalue weighted by molar-refractivity contribution is -0.274. The van der Waals surface area contributed by atoms with E-state index < -0.39 is 12.1 Å². The van der Waals surface area contributed by atoms with Crippen molar-refractivity contribution >= 4 is 6.29 Å². The number of carbonyl (C=O) groups is 1. The molecule has 1 aromatic carbocycles. The first-order chi connectivity index (χ1) is 8.89. The molecule has 0 atom stereocenters. The maximum atomic E-state index is 12.1. The van der Waals surface area contributed by atoms with Gasteiger partial charge in [0.2, 0.25) is 0 Å². The van der Waals surface area contributed by atoms with Crippen molar-refractivity contribution in [2.24, 2.45) is 0 Å². The molecular formula is C13H9F3O3. The van der Waals surface area contributed by atoms with Gasteiger partial charge in [-0.1, -0.05) is 0 Å². The highest BCUT2D eigenvalue weighted by Crippen LogP contribution is 2.31. The van der Waals surface area contributed by atoms with E-state index in [1.807, 2.05) is 0 Å². The molecule has 0 fully saturated rings. The van der Waals surface area contributed by atoms with E-state index in [0.29, 0.717) is 17.8 Å². The number of benzene rings is 1. The summed E-state index contributed by atoms with van der Waals surface area (Å²) < 4.78 is 45.6. The van der Waals surface area contributed by atoms with E-state index in [4.69, 9.17) is 4.42 Å². The third-order valence-corrected chi connectivity index (χ3v) is 2.39.